The van der Waals surface area contributed by atoms with Gasteiger partial charge in [0, 0.05) is 31.7 Å². The first kappa shape index (κ1) is 19.6. The highest BCUT2D eigenvalue weighted by Gasteiger charge is 2.22. The largest absolute Gasteiger partial charge is 0.352 e. The van der Waals surface area contributed by atoms with Crippen LogP contribution in [0.5, 0.6) is 0 Å². The van der Waals surface area contributed by atoms with Crippen LogP contribution in [0, 0.1) is 5.82 Å². The van der Waals surface area contributed by atoms with E-state index in [0.717, 1.165) is 13.1 Å². The van der Waals surface area contributed by atoms with Gasteiger partial charge in [0.1, 0.15) is 5.82 Å². The van der Waals surface area contributed by atoms with Crippen LogP contribution in [0.1, 0.15) is 5.56 Å². The minimum atomic E-state index is -3.83. The summed E-state index contributed by atoms with van der Waals surface area (Å²) in [6, 6.07) is 11.9. The van der Waals surface area contributed by atoms with Crippen molar-refractivity contribution < 1.29 is 12.8 Å². The molecule has 0 amide bonds. The first-order valence-electron chi connectivity index (χ1n) is 8.40. The number of rotatable bonds is 4. The van der Waals surface area contributed by atoms with Gasteiger partial charge in [0.05, 0.1) is 9.92 Å². The second kappa shape index (κ2) is 8.24. The number of likely N-dealkylation sites (N-methyl/N-ethyl adjacent to an activating group) is 1. The van der Waals surface area contributed by atoms with E-state index < -0.39 is 15.8 Å². The Morgan fingerprint density at radius 3 is 2.41 bits per heavy atom. The predicted molar refractivity (Wildman–Crippen MR) is 104 cm³/mol. The molecule has 0 atom stereocenters. The lowest BCUT2D eigenvalue weighted by atomic mass is 10.1. The number of nitrogens with zero attached hydrogens (tertiary/aromatic N) is 3. The van der Waals surface area contributed by atoms with Gasteiger partial charge in [-0.15, -0.1) is 5.10 Å². The van der Waals surface area contributed by atoms with Crippen LogP contribution in [-0.2, 0) is 10.0 Å². The first-order chi connectivity index (χ1) is 12.9. The van der Waals surface area contributed by atoms with Crippen LogP contribution >= 0.6 is 11.6 Å². The van der Waals surface area contributed by atoms with Crippen molar-refractivity contribution in [2.24, 2.45) is 5.10 Å². The van der Waals surface area contributed by atoms with Gasteiger partial charge in [-0.25, -0.2) is 4.39 Å². The maximum atomic E-state index is 13.4. The Morgan fingerprint density at radius 1 is 1.11 bits per heavy atom. The van der Waals surface area contributed by atoms with Gasteiger partial charge >= 0.3 is 0 Å². The molecule has 1 saturated heterocycles. The van der Waals surface area contributed by atoms with E-state index in [1.54, 1.807) is 18.2 Å². The number of hydrogen-bond donors (Lipinski definition) is 1. The lowest BCUT2D eigenvalue weighted by molar-refractivity contribution is 0.215. The fourth-order valence-corrected chi connectivity index (χ4v) is 3.83. The van der Waals surface area contributed by atoms with Gasteiger partial charge in [-0.2, -0.15) is 13.2 Å². The van der Waals surface area contributed by atoms with Crippen LogP contribution in [0.15, 0.2) is 58.5 Å². The van der Waals surface area contributed by atoms with Crippen LogP contribution in [-0.4, -0.2) is 57.3 Å². The van der Waals surface area contributed by atoms with Gasteiger partial charge in [-0.1, -0.05) is 29.8 Å². The summed E-state index contributed by atoms with van der Waals surface area (Å²) < 4.78 is 38.5. The van der Waals surface area contributed by atoms with E-state index in [1.807, 2.05) is 11.9 Å². The summed E-state index contributed by atoms with van der Waals surface area (Å²) in [6.07, 6.45) is 0. The second-order valence-electron chi connectivity index (χ2n) is 6.26. The molecule has 9 heteroatoms. The van der Waals surface area contributed by atoms with Crippen molar-refractivity contribution in [1.29, 1.82) is 0 Å². The molecule has 0 unspecified atom stereocenters. The number of hydrazone groups is 1. The number of sulfonamides is 1. The summed E-state index contributed by atoms with van der Waals surface area (Å²) in [4.78, 5) is 6.48. The molecule has 0 spiro atoms. The maximum absolute atomic E-state index is 13.4. The number of amidine groups is 1. The zero-order chi connectivity index (χ0) is 19.4. The number of piperazine rings is 1. The molecule has 0 radical (unpaired) electrons. The average molecular weight is 411 g/mol. The third kappa shape index (κ3) is 4.77. The van der Waals surface area contributed by atoms with E-state index in [0.29, 0.717) is 24.5 Å². The van der Waals surface area contributed by atoms with Crippen molar-refractivity contribution in [2.45, 2.75) is 4.90 Å². The van der Waals surface area contributed by atoms with Crippen molar-refractivity contribution in [3.05, 3.63) is 64.9 Å². The predicted octanol–water partition coefficient (Wildman–Crippen LogP) is 2.37. The molecule has 1 N–H and O–H groups in total. The van der Waals surface area contributed by atoms with Crippen molar-refractivity contribution in [2.75, 3.05) is 33.2 Å². The Labute approximate surface area is 163 Å². The van der Waals surface area contributed by atoms with E-state index >= 15 is 0 Å². The molecule has 0 bridgehead atoms. The van der Waals surface area contributed by atoms with Crippen molar-refractivity contribution in [3.8, 4) is 0 Å². The molecule has 2 aromatic rings. The topological polar surface area (TPSA) is 65.0 Å². The molecule has 1 heterocycles. The maximum Gasteiger partial charge on any atom is 0.276 e. The Bertz CT molecular complexity index is 930. The zero-order valence-corrected chi connectivity index (χ0v) is 16.3. The third-order valence-electron chi connectivity index (χ3n) is 4.30. The molecule has 6 nitrogen and oxygen atoms in total. The molecule has 2 aromatic carbocycles. The summed E-state index contributed by atoms with van der Waals surface area (Å²) in [7, 11) is -1.81. The van der Waals surface area contributed by atoms with E-state index in [-0.39, 0.29) is 9.92 Å². The SMILES string of the molecule is CN1CCN(C(=NNS(=O)(=O)c2ccccc2)c2ccc(F)cc2Cl)CC1. The van der Waals surface area contributed by atoms with Gasteiger partial charge in [-0.3, -0.25) is 0 Å². The van der Waals surface area contributed by atoms with Gasteiger partial charge in [0.2, 0.25) is 0 Å². The molecule has 27 heavy (non-hydrogen) atoms. The van der Waals surface area contributed by atoms with Gasteiger partial charge in [0.15, 0.2) is 5.84 Å². The Balaban J connectivity index is 1.95. The monoisotopic (exact) mass is 410 g/mol. The number of hydrogen-bond acceptors (Lipinski definition) is 4. The molecule has 0 saturated carbocycles. The molecule has 144 valence electrons. The lowest BCUT2D eigenvalue weighted by Crippen LogP contribution is -2.48. The average Bonchev–Trinajstić information content (AvgIpc) is 2.65. The minimum Gasteiger partial charge on any atom is -0.352 e. The van der Waals surface area contributed by atoms with Crippen LogP contribution in [0.2, 0.25) is 5.02 Å². The third-order valence-corrected chi connectivity index (χ3v) is 5.84. The number of benzene rings is 2. The smallest absolute Gasteiger partial charge is 0.276 e. The molecule has 0 aliphatic carbocycles. The van der Waals surface area contributed by atoms with Crippen LogP contribution < -0.4 is 4.83 Å². The van der Waals surface area contributed by atoms with E-state index in [4.69, 9.17) is 11.6 Å². The summed E-state index contributed by atoms with van der Waals surface area (Å²) in [5.41, 5.74) is 0.471. The molecule has 3 rings (SSSR count). The Morgan fingerprint density at radius 2 is 1.78 bits per heavy atom. The quantitative estimate of drug-likeness (QED) is 0.477. The van der Waals surface area contributed by atoms with Crippen molar-refractivity contribution in [3.63, 3.8) is 0 Å². The van der Waals surface area contributed by atoms with Crippen LogP contribution in [0.4, 0.5) is 4.39 Å². The normalized spacial score (nSPS) is 16.4. The highest BCUT2D eigenvalue weighted by atomic mass is 35.5. The highest BCUT2D eigenvalue weighted by Crippen LogP contribution is 2.21. The first-order valence-corrected chi connectivity index (χ1v) is 10.3. The molecular formula is C18H20ClFN4O2S. The van der Waals surface area contributed by atoms with Gasteiger partial charge in [0.25, 0.3) is 10.0 Å². The lowest BCUT2D eigenvalue weighted by Gasteiger charge is -2.34. The van der Waals surface area contributed by atoms with Crippen LogP contribution in [0.3, 0.4) is 0 Å². The molecule has 1 aliphatic heterocycles. The van der Waals surface area contributed by atoms with E-state index in [1.165, 1.54) is 30.3 Å². The Hall–Kier alpha value is -2.16. The van der Waals surface area contributed by atoms with E-state index in [2.05, 4.69) is 14.8 Å². The zero-order valence-electron chi connectivity index (χ0n) is 14.8. The minimum absolute atomic E-state index is 0.108. The summed E-state index contributed by atoms with van der Waals surface area (Å²) in [5, 5.41) is 4.33. The van der Waals surface area contributed by atoms with E-state index in [9.17, 15) is 12.8 Å². The van der Waals surface area contributed by atoms with Gasteiger partial charge in [-0.05, 0) is 37.4 Å². The summed E-state index contributed by atoms with van der Waals surface area (Å²) in [5.74, 6) is -0.0982. The molecule has 1 aliphatic rings. The van der Waals surface area contributed by atoms with Gasteiger partial charge < -0.3 is 9.80 Å². The second-order valence-corrected chi connectivity index (χ2v) is 8.33. The fraction of sp³-hybridized carbons (Fsp3) is 0.278. The number of nitrogens with one attached hydrogen (secondary N) is 1. The highest BCUT2D eigenvalue weighted by molar-refractivity contribution is 7.89. The van der Waals surface area contributed by atoms with Crippen LogP contribution in [0.25, 0.3) is 0 Å². The summed E-state index contributed by atoms with van der Waals surface area (Å²) >= 11 is 6.20. The molecule has 1 fully saturated rings. The van der Waals surface area contributed by atoms with Crippen molar-refractivity contribution >= 4 is 27.5 Å². The standard InChI is InChI=1S/C18H20ClFN4O2S/c1-23-9-11-24(12-10-23)18(16-8-7-14(20)13-17(16)19)21-22-27(25,26)15-5-3-2-4-6-15/h2-8,13,22H,9-12H2,1H3. The summed E-state index contributed by atoms with van der Waals surface area (Å²) in [6.45, 7) is 2.89. The molecule has 0 aromatic heterocycles. The number of halogens is 2. The fourth-order valence-electron chi connectivity index (χ4n) is 2.75. The molecular weight excluding hydrogens is 391 g/mol. The van der Waals surface area contributed by atoms with Crippen molar-refractivity contribution in [1.82, 2.24) is 14.6 Å². The Kier molecular flexibility index (Phi) is 5.98.